The van der Waals surface area contributed by atoms with Gasteiger partial charge in [0.05, 0.1) is 17.2 Å². The van der Waals surface area contributed by atoms with Gasteiger partial charge in [0.1, 0.15) is 5.82 Å². The second-order valence-electron chi connectivity index (χ2n) is 7.39. The molecule has 3 rings (SSSR count). The van der Waals surface area contributed by atoms with Crippen LogP contribution >= 0.6 is 0 Å². The van der Waals surface area contributed by atoms with Gasteiger partial charge in [-0.05, 0) is 60.6 Å². The lowest BCUT2D eigenvalue weighted by molar-refractivity contribution is 0.0642. The molecular formula is C22H26N4O2. The van der Waals surface area contributed by atoms with E-state index < -0.39 is 0 Å². The molecule has 0 atom stereocenters. The number of hydrogen-bond acceptors (Lipinski definition) is 5. The van der Waals surface area contributed by atoms with E-state index in [4.69, 9.17) is 10.00 Å². The Morgan fingerprint density at radius 3 is 2.64 bits per heavy atom. The Labute approximate surface area is 165 Å². The Morgan fingerprint density at radius 2 is 2.00 bits per heavy atom. The fraction of sp³-hybridized carbons (Fsp3) is 0.409. The molecular weight excluding hydrogens is 352 g/mol. The van der Waals surface area contributed by atoms with Crippen LogP contribution in [0.3, 0.4) is 0 Å². The van der Waals surface area contributed by atoms with E-state index in [9.17, 15) is 4.79 Å². The lowest BCUT2D eigenvalue weighted by Gasteiger charge is -2.22. The Bertz CT molecular complexity index is 850. The number of rotatable bonds is 6. The minimum absolute atomic E-state index is 0.0763. The lowest BCUT2D eigenvalue weighted by atomic mass is 9.97. The van der Waals surface area contributed by atoms with Crippen molar-refractivity contribution in [1.29, 1.82) is 5.26 Å². The predicted molar refractivity (Wildman–Crippen MR) is 109 cm³/mol. The normalized spacial score (nSPS) is 14.5. The van der Waals surface area contributed by atoms with Crippen LogP contribution in [0.5, 0.6) is 0 Å². The largest absolute Gasteiger partial charge is 0.381 e. The van der Waals surface area contributed by atoms with Gasteiger partial charge in [0.25, 0.3) is 5.91 Å². The number of ether oxygens (including phenoxy) is 1. The smallest absolute Gasteiger partial charge is 0.253 e. The Kier molecular flexibility index (Phi) is 6.62. The van der Waals surface area contributed by atoms with E-state index in [0.29, 0.717) is 29.4 Å². The highest BCUT2D eigenvalue weighted by molar-refractivity contribution is 5.95. The second-order valence-corrected chi connectivity index (χ2v) is 7.39. The van der Waals surface area contributed by atoms with Crippen LogP contribution in [-0.2, 0) is 4.74 Å². The summed E-state index contributed by atoms with van der Waals surface area (Å²) < 4.78 is 5.37. The summed E-state index contributed by atoms with van der Waals surface area (Å²) in [4.78, 5) is 17.1. The second kappa shape index (κ2) is 9.34. The number of hydrogen-bond donors (Lipinski definition) is 2. The minimum Gasteiger partial charge on any atom is -0.381 e. The van der Waals surface area contributed by atoms with E-state index in [2.05, 4.69) is 35.5 Å². The van der Waals surface area contributed by atoms with Crippen LogP contribution in [0.25, 0.3) is 0 Å². The number of carbonyl (C=O) groups excluding carboxylic acids is 1. The Balaban J connectivity index is 1.70. The first kappa shape index (κ1) is 19.8. The molecule has 1 fully saturated rings. The zero-order chi connectivity index (χ0) is 19.9. The highest BCUT2D eigenvalue weighted by Crippen LogP contribution is 2.24. The van der Waals surface area contributed by atoms with Gasteiger partial charge in [-0.15, -0.1) is 0 Å². The van der Waals surface area contributed by atoms with Crippen molar-refractivity contribution in [2.24, 2.45) is 5.92 Å². The van der Waals surface area contributed by atoms with Gasteiger partial charge >= 0.3 is 0 Å². The van der Waals surface area contributed by atoms with Crippen molar-refractivity contribution in [1.82, 2.24) is 10.3 Å². The molecule has 1 saturated heterocycles. The molecule has 0 radical (unpaired) electrons. The monoisotopic (exact) mass is 378 g/mol. The van der Waals surface area contributed by atoms with Gasteiger partial charge in [-0.25, -0.2) is 4.98 Å². The summed E-state index contributed by atoms with van der Waals surface area (Å²) in [5.74, 6) is 1.26. The van der Waals surface area contributed by atoms with Gasteiger partial charge in [0, 0.05) is 31.6 Å². The van der Waals surface area contributed by atoms with Crippen molar-refractivity contribution in [2.75, 3.05) is 25.1 Å². The number of amides is 1. The molecule has 1 aliphatic rings. The summed E-state index contributed by atoms with van der Waals surface area (Å²) in [6.07, 6.45) is 3.62. The molecule has 146 valence electrons. The third kappa shape index (κ3) is 5.08. The molecule has 2 heterocycles. The van der Waals surface area contributed by atoms with Crippen molar-refractivity contribution in [3.05, 3.63) is 53.2 Å². The summed E-state index contributed by atoms with van der Waals surface area (Å²) >= 11 is 0. The molecule has 0 bridgehead atoms. The average molecular weight is 378 g/mol. The van der Waals surface area contributed by atoms with Crippen molar-refractivity contribution < 1.29 is 9.53 Å². The van der Waals surface area contributed by atoms with Gasteiger partial charge in [-0.2, -0.15) is 5.26 Å². The van der Waals surface area contributed by atoms with Gasteiger partial charge < -0.3 is 15.4 Å². The molecule has 1 aromatic heterocycles. The Hall–Kier alpha value is -2.91. The van der Waals surface area contributed by atoms with Crippen molar-refractivity contribution in [2.45, 2.75) is 32.6 Å². The van der Waals surface area contributed by atoms with Crippen LogP contribution in [0.2, 0.25) is 0 Å². The first-order chi connectivity index (χ1) is 13.6. The number of benzene rings is 1. The number of pyridine rings is 1. The molecule has 0 spiro atoms. The van der Waals surface area contributed by atoms with Crippen molar-refractivity contribution in [3.63, 3.8) is 0 Å². The fourth-order valence-electron chi connectivity index (χ4n) is 3.27. The average Bonchev–Trinajstić information content (AvgIpc) is 2.73. The van der Waals surface area contributed by atoms with Crippen LogP contribution in [0.4, 0.5) is 11.5 Å². The van der Waals surface area contributed by atoms with E-state index in [0.717, 1.165) is 37.3 Å². The summed E-state index contributed by atoms with van der Waals surface area (Å²) in [6, 6.07) is 11.2. The van der Waals surface area contributed by atoms with Gasteiger partial charge in [-0.3, -0.25) is 4.79 Å². The van der Waals surface area contributed by atoms with E-state index in [1.807, 2.05) is 18.2 Å². The SMILES string of the molecule is CC(C)c1cc(Nc2ccc(C#N)cc2)ncc1C(=O)NCC1CCOCC1. The van der Waals surface area contributed by atoms with Crippen molar-refractivity contribution >= 4 is 17.4 Å². The topological polar surface area (TPSA) is 87.0 Å². The molecule has 0 unspecified atom stereocenters. The first-order valence-corrected chi connectivity index (χ1v) is 9.70. The van der Waals surface area contributed by atoms with Gasteiger partial charge in [-0.1, -0.05) is 13.8 Å². The third-order valence-corrected chi connectivity index (χ3v) is 4.98. The summed E-state index contributed by atoms with van der Waals surface area (Å²) in [6.45, 7) is 6.35. The molecule has 0 aliphatic carbocycles. The summed E-state index contributed by atoms with van der Waals surface area (Å²) in [5, 5.41) is 15.2. The first-order valence-electron chi connectivity index (χ1n) is 9.70. The number of carbonyl (C=O) groups is 1. The molecule has 6 nitrogen and oxygen atoms in total. The van der Waals surface area contributed by atoms with Gasteiger partial charge in [0.2, 0.25) is 0 Å². The van der Waals surface area contributed by atoms with Crippen LogP contribution in [0, 0.1) is 17.2 Å². The summed E-state index contributed by atoms with van der Waals surface area (Å²) in [7, 11) is 0. The Morgan fingerprint density at radius 1 is 1.29 bits per heavy atom. The maximum Gasteiger partial charge on any atom is 0.253 e. The van der Waals surface area contributed by atoms with E-state index in [1.165, 1.54) is 0 Å². The molecule has 2 aromatic rings. The highest BCUT2D eigenvalue weighted by atomic mass is 16.5. The van der Waals surface area contributed by atoms with Crippen LogP contribution < -0.4 is 10.6 Å². The van der Waals surface area contributed by atoms with E-state index >= 15 is 0 Å². The van der Waals surface area contributed by atoms with E-state index in [1.54, 1.807) is 18.3 Å². The standard InChI is InChI=1S/C22H26N4O2/c1-15(2)19-11-21(26-18-5-3-16(12-23)4-6-18)24-14-20(19)22(27)25-13-17-7-9-28-10-8-17/h3-6,11,14-15,17H,7-10,13H2,1-2H3,(H,24,26)(H,25,27). The molecule has 1 amide bonds. The molecule has 28 heavy (non-hydrogen) atoms. The van der Waals surface area contributed by atoms with Crippen LogP contribution in [-0.4, -0.2) is 30.6 Å². The summed E-state index contributed by atoms with van der Waals surface area (Å²) in [5.41, 5.74) is 3.03. The zero-order valence-corrected chi connectivity index (χ0v) is 16.4. The van der Waals surface area contributed by atoms with Crippen molar-refractivity contribution in [3.8, 4) is 6.07 Å². The molecule has 1 aromatic carbocycles. The number of anilines is 2. The quantitative estimate of drug-likeness (QED) is 0.794. The lowest BCUT2D eigenvalue weighted by Crippen LogP contribution is -2.32. The van der Waals surface area contributed by atoms with Crippen LogP contribution in [0.1, 0.15) is 54.1 Å². The molecule has 6 heteroatoms. The highest BCUT2D eigenvalue weighted by Gasteiger charge is 2.18. The number of nitrogens with zero attached hydrogens (tertiary/aromatic N) is 2. The molecule has 1 aliphatic heterocycles. The maximum absolute atomic E-state index is 12.7. The number of aromatic nitrogens is 1. The number of nitrogens with one attached hydrogen (secondary N) is 2. The van der Waals surface area contributed by atoms with Gasteiger partial charge in [0.15, 0.2) is 0 Å². The predicted octanol–water partition coefficient (Wildman–Crippen LogP) is 3.98. The zero-order valence-electron chi connectivity index (χ0n) is 16.4. The van der Waals surface area contributed by atoms with Crippen LogP contribution in [0.15, 0.2) is 36.5 Å². The molecule has 2 N–H and O–H groups in total. The third-order valence-electron chi connectivity index (χ3n) is 4.98. The minimum atomic E-state index is -0.0763. The molecule has 0 saturated carbocycles. The number of nitriles is 1. The maximum atomic E-state index is 12.7. The fourth-order valence-corrected chi connectivity index (χ4v) is 3.27. The van der Waals surface area contributed by atoms with E-state index in [-0.39, 0.29) is 11.8 Å².